The van der Waals surface area contributed by atoms with E-state index in [1.165, 1.54) is 0 Å². The molecular formula is C14H12As2N4O. The summed E-state index contributed by atoms with van der Waals surface area (Å²) in [6.07, 6.45) is 5.23. The van der Waals surface area contributed by atoms with Gasteiger partial charge >= 0.3 is 141 Å². The Balaban J connectivity index is 2.27. The number of hydrogen-bond donors (Lipinski definition) is 2. The van der Waals surface area contributed by atoms with Crippen LogP contribution in [0.2, 0.25) is 0 Å². The molecule has 104 valence electrons. The van der Waals surface area contributed by atoms with Gasteiger partial charge in [-0.05, 0) is 0 Å². The Morgan fingerprint density at radius 1 is 1.24 bits per heavy atom. The van der Waals surface area contributed by atoms with Crippen molar-refractivity contribution in [3.63, 3.8) is 0 Å². The van der Waals surface area contributed by atoms with E-state index in [1.54, 1.807) is 30.6 Å². The molecule has 1 heterocycles. The van der Waals surface area contributed by atoms with Crippen molar-refractivity contribution in [2.75, 3.05) is 9.55 Å². The van der Waals surface area contributed by atoms with Gasteiger partial charge in [-0.3, -0.25) is 0 Å². The van der Waals surface area contributed by atoms with Crippen molar-refractivity contribution in [2.24, 2.45) is 5.73 Å². The van der Waals surface area contributed by atoms with Crippen LogP contribution in [0.4, 0.5) is 11.4 Å². The molecule has 5 nitrogen and oxygen atoms in total. The zero-order chi connectivity index (χ0) is 15.4. The van der Waals surface area contributed by atoms with Gasteiger partial charge in [0, 0.05) is 0 Å². The molecule has 0 fully saturated rings. The summed E-state index contributed by atoms with van der Waals surface area (Å²) in [4.78, 5) is 15.3. The Bertz CT molecular complexity index is 703. The summed E-state index contributed by atoms with van der Waals surface area (Å²) < 4.78 is 2.78. The van der Waals surface area contributed by atoms with Gasteiger partial charge in [0.15, 0.2) is 0 Å². The average molecular weight is 402 g/mol. The van der Waals surface area contributed by atoms with E-state index in [0.29, 0.717) is 11.3 Å². The molecular weight excluding hydrogens is 390 g/mol. The number of rotatable bonds is 4. The molecule has 0 spiro atoms. The van der Waals surface area contributed by atoms with Gasteiger partial charge in [-0.25, -0.2) is 0 Å². The van der Waals surface area contributed by atoms with E-state index in [2.05, 4.69) is 38.9 Å². The first-order valence-electron chi connectivity index (χ1n) is 5.97. The molecule has 0 aliphatic rings. The normalized spacial score (nSPS) is 11.2. The van der Waals surface area contributed by atoms with E-state index in [-0.39, 0.29) is 0 Å². The van der Waals surface area contributed by atoms with Crippen LogP contribution in [-0.2, 0) is 0 Å². The third-order valence-electron chi connectivity index (χ3n) is 2.69. The molecule has 0 saturated heterocycles. The topological polar surface area (TPSA) is 85.2 Å². The fourth-order valence-electron chi connectivity index (χ4n) is 1.66. The molecule has 0 atom stereocenters. The van der Waals surface area contributed by atoms with Gasteiger partial charge in [-0.1, -0.05) is 0 Å². The summed E-state index contributed by atoms with van der Waals surface area (Å²) in [6.45, 7) is 0. The van der Waals surface area contributed by atoms with E-state index in [4.69, 9.17) is 11.5 Å². The first kappa shape index (κ1) is 15.7. The van der Waals surface area contributed by atoms with Crippen LogP contribution < -0.4 is 15.3 Å². The second kappa shape index (κ2) is 6.84. The van der Waals surface area contributed by atoms with E-state index < -0.39 is 5.91 Å². The van der Waals surface area contributed by atoms with Crippen LogP contribution in [0.5, 0.6) is 0 Å². The molecule has 0 bridgehead atoms. The summed E-state index contributed by atoms with van der Waals surface area (Å²) in [5, 5.41) is 0. The van der Waals surface area contributed by atoms with E-state index in [1.807, 2.05) is 22.1 Å². The van der Waals surface area contributed by atoms with E-state index >= 15 is 0 Å². The predicted molar refractivity (Wildman–Crippen MR) is 85.6 cm³/mol. The number of nitrogens with two attached hydrogens (primary N) is 2. The SMILES string of the molecule is NC(=O)c1cccc(N([As])/C=C(\[As])c2cncc(N)c2)c1. The molecule has 2 aromatic rings. The monoisotopic (exact) mass is 402 g/mol. The van der Waals surface area contributed by atoms with Crippen LogP contribution in [0.15, 0.2) is 48.9 Å². The number of amides is 1. The molecule has 4 N–H and O–H groups in total. The molecule has 4 radical (unpaired) electrons. The van der Waals surface area contributed by atoms with Crippen molar-refractivity contribution in [2.45, 2.75) is 0 Å². The maximum absolute atomic E-state index is 11.2. The van der Waals surface area contributed by atoms with Gasteiger partial charge in [0.1, 0.15) is 0 Å². The zero-order valence-corrected chi connectivity index (χ0v) is 14.7. The minimum absolute atomic E-state index is 0.450. The Labute approximate surface area is 140 Å². The van der Waals surface area contributed by atoms with Gasteiger partial charge in [0.25, 0.3) is 0 Å². The van der Waals surface area contributed by atoms with Gasteiger partial charge in [0.2, 0.25) is 0 Å². The van der Waals surface area contributed by atoms with Crippen molar-refractivity contribution in [3.05, 3.63) is 60.1 Å². The standard InChI is InChI=1S/C14H12As2N4O/c15-13(10-4-11(17)7-19-6-10)8-20(16)12-3-1-2-9(5-12)14(18)21/h1-8H,17H2,(H2,18,21)/b13-8-. The van der Waals surface area contributed by atoms with Gasteiger partial charge in [-0.15, -0.1) is 0 Å². The molecule has 0 aliphatic carbocycles. The van der Waals surface area contributed by atoms with Gasteiger partial charge < -0.3 is 0 Å². The first-order valence-corrected chi connectivity index (χ1v) is 7.75. The van der Waals surface area contributed by atoms with E-state index in [0.717, 1.165) is 15.6 Å². The van der Waals surface area contributed by atoms with Crippen molar-refractivity contribution in [1.29, 1.82) is 0 Å². The van der Waals surface area contributed by atoms with Crippen LogP contribution in [0.1, 0.15) is 15.9 Å². The fourth-order valence-corrected chi connectivity index (χ4v) is 3.10. The first-order chi connectivity index (χ1) is 9.97. The number of primary amides is 1. The number of hydrogen-bond acceptors (Lipinski definition) is 4. The number of nitrogens with zero attached hydrogens (tertiary/aromatic N) is 2. The van der Waals surface area contributed by atoms with Gasteiger partial charge in [0.05, 0.1) is 0 Å². The minimum atomic E-state index is -0.450. The third-order valence-corrected chi connectivity index (χ3v) is 4.21. The quantitative estimate of drug-likeness (QED) is 0.742. The third kappa shape index (κ3) is 4.13. The number of pyridine rings is 1. The number of nitrogen functional groups attached to an aromatic ring is 1. The average Bonchev–Trinajstić information content (AvgIpc) is 2.47. The van der Waals surface area contributed by atoms with Gasteiger partial charge in [-0.2, -0.15) is 0 Å². The summed E-state index contributed by atoms with van der Waals surface area (Å²) in [6, 6.07) is 8.93. The number of carbonyl (C=O) groups is 1. The Morgan fingerprint density at radius 3 is 2.67 bits per heavy atom. The van der Waals surface area contributed by atoms with Crippen LogP contribution in [0.3, 0.4) is 0 Å². The zero-order valence-electron chi connectivity index (χ0n) is 11.0. The van der Waals surface area contributed by atoms with Crippen molar-refractivity contribution in [3.8, 4) is 0 Å². The van der Waals surface area contributed by atoms with E-state index in [9.17, 15) is 4.79 Å². The molecule has 7 heteroatoms. The summed E-state index contributed by atoms with van der Waals surface area (Å²) in [7, 11) is 0. The van der Waals surface area contributed by atoms with Crippen molar-refractivity contribution >= 4 is 55.6 Å². The van der Waals surface area contributed by atoms with Crippen molar-refractivity contribution < 1.29 is 4.79 Å². The summed E-state index contributed by atoms with van der Waals surface area (Å²) in [5.74, 6) is -0.450. The molecule has 0 saturated carbocycles. The molecule has 1 amide bonds. The molecule has 0 unspecified atom stereocenters. The second-order valence-corrected chi connectivity index (χ2v) is 6.20. The molecule has 1 aromatic heterocycles. The van der Waals surface area contributed by atoms with Crippen molar-refractivity contribution in [1.82, 2.24) is 4.98 Å². The summed E-state index contributed by atoms with van der Waals surface area (Å²) in [5.41, 5.74) is 13.8. The fraction of sp³-hybridized carbons (Fsp3) is 0. The molecule has 2 rings (SSSR count). The Hall–Kier alpha value is -1.70. The summed E-state index contributed by atoms with van der Waals surface area (Å²) >= 11 is 4.88. The van der Waals surface area contributed by atoms with Crippen LogP contribution >= 0.6 is 0 Å². The second-order valence-electron chi connectivity index (χ2n) is 4.28. The number of aromatic nitrogens is 1. The number of anilines is 2. The van der Waals surface area contributed by atoms with Crippen LogP contribution in [0.25, 0.3) is 4.36 Å². The van der Waals surface area contributed by atoms with Crippen LogP contribution in [0, 0.1) is 0 Å². The molecule has 21 heavy (non-hydrogen) atoms. The van der Waals surface area contributed by atoms with Crippen LogP contribution in [-0.4, -0.2) is 44.8 Å². The number of benzene rings is 1. The predicted octanol–water partition coefficient (Wildman–Crippen LogP) is 0.820. The maximum atomic E-state index is 11.2. The Kier molecular flexibility index (Phi) is 5.11. The number of carbonyl (C=O) groups excluding carboxylic acids is 1. The molecule has 1 aromatic carbocycles. The molecule has 0 aliphatic heterocycles. The Morgan fingerprint density at radius 2 is 2.00 bits per heavy atom.